The number of hydrogen-bond donors (Lipinski definition) is 2. The van der Waals surface area contributed by atoms with E-state index in [2.05, 4.69) is 45.0 Å². The van der Waals surface area contributed by atoms with Crippen LogP contribution >= 0.6 is 0 Å². The summed E-state index contributed by atoms with van der Waals surface area (Å²) in [6, 6.07) is 1.86. The zero-order chi connectivity index (χ0) is 17.8. The molecule has 3 rings (SSSR count). The molecule has 2 aromatic rings. The molecule has 0 bridgehead atoms. The molecule has 6 heteroatoms. The fourth-order valence-electron chi connectivity index (χ4n) is 2.77. The number of nitrogen functional groups attached to an aromatic ring is 1. The van der Waals surface area contributed by atoms with E-state index in [0.29, 0.717) is 12.5 Å². The predicted octanol–water partition coefficient (Wildman–Crippen LogP) is 1.12. The third-order valence-electron chi connectivity index (χ3n) is 4.17. The number of aromatic amines is 1. The average Bonchev–Trinajstić information content (AvgIpc) is 2.97. The monoisotopic (exact) mass is 339 g/mol. The zero-order valence-corrected chi connectivity index (χ0v) is 15.0. The molecule has 132 valence electrons. The van der Waals surface area contributed by atoms with E-state index in [1.165, 1.54) is 0 Å². The number of nitrogens with one attached hydrogen (secondary N) is 1. The number of hydrogen-bond acceptors (Lipinski definition) is 5. The van der Waals surface area contributed by atoms with Gasteiger partial charge in [-0.15, -0.1) is 0 Å². The van der Waals surface area contributed by atoms with Gasteiger partial charge in [0.15, 0.2) is 0 Å². The molecule has 0 aliphatic heterocycles. The molecule has 3 N–H and O–H groups in total. The van der Waals surface area contributed by atoms with Crippen molar-refractivity contribution in [3.63, 3.8) is 0 Å². The van der Waals surface area contributed by atoms with Crippen LogP contribution in [0.5, 0.6) is 0 Å². The van der Waals surface area contributed by atoms with Gasteiger partial charge in [-0.3, -0.25) is 0 Å². The van der Waals surface area contributed by atoms with Crippen LogP contribution in [0.15, 0.2) is 30.6 Å². The second kappa shape index (κ2) is 7.53. The maximum atomic E-state index is 6.13. The van der Waals surface area contributed by atoms with Gasteiger partial charge in [0.05, 0.1) is 10.9 Å². The Balaban J connectivity index is 2.14. The highest BCUT2D eigenvalue weighted by molar-refractivity contribution is 5.67. The molecule has 25 heavy (non-hydrogen) atoms. The average molecular weight is 339 g/mol. The molecule has 0 amide bonds. The Morgan fingerprint density at radius 3 is 3.00 bits per heavy atom. The molecule has 0 saturated carbocycles. The normalized spacial score (nSPS) is 17.0. The van der Waals surface area contributed by atoms with Crippen LogP contribution in [0.1, 0.15) is 13.3 Å². The molecule has 0 saturated heterocycles. The topological polar surface area (TPSA) is 80.1 Å². The molecule has 6 nitrogen and oxygen atoms in total. The van der Waals surface area contributed by atoms with Crippen molar-refractivity contribution in [3.05, 3.63) is 41.2 Å². The third kappa shape index (κ3) is 4.09. The SMILES string of the molecule is CC1C=CC(OCCN(C)C)=c2c(-c3ccnc(N)n3)c[nH]c2=CC1. The molecular weight excluding hydrogens is 314 g/mol. The van der Waals surface area contributed by atoms with Crippen LogP contribution in [0, 0.1) is 5.92 Å². The number of H-pyrrole nitrogens is 1. The molecule has 1 unspecified atom stereocenters. The summed E-state index contributed by atoms with van der Waals surface area (Å²) in [4.78, 5) is 13.8. The number of rotatable bonds is 5. The maximum Gasteiger partial charge on any atom is 0.220 e. The van der Waals surface area contributed by atoms with Crippen molar-refractivity contribution >= 4 is 17.8 Å². The Morgan fingerprint density at radius 1 is 1.40 bits per heavy atom. The number of likely N-dealkylation sites (N-methyl/N-ethyl adjacent to an activating group) is 1. The van der Waals surface area contributed by atoms with Crippen molar-refractivity contribution in [3.8, 4) is 11.3 Å². The van der Waals surface area contributed by atoms with Crippen molar-refractivity contribution in [1.82, 2.24) is 19.9 Å². The zero-order valence-electron chi connectivity index (χ0n) is 15.0. The maximum absolute atomic E-state index is 6.13. The lowest BCUT2D eigenvalue weighted by Gasteiger charge is -2.13. The van der Waals surface area contributed by atoms with Crippen LogP contribution in [0.3, 0.4) is 0 Å². The standard InChI is InChI=1S/C19H25N5O/c1-13-4-6-16-18(17(7-5-13)25-11-10-24(2)3)14(12-22-16)15-8-9-21-19(20)23-15/h5-9,12-13,22H,4,10-11H2,1-3H3,(H2,20,21,23). The van der Waals surface area contributed by atoms with Gasteiger partial charge >= 0.3 is 0 Å². The summed E-state index contributed by atoms with van der Waals surface area (Å²) in [5, 5.41) is 2.09. The molecule has 0 aromatic carbocycles. The largest absolute Gasteiger partial charge is 0.492 e. The van der Waals surface area contributed by atoms with Crippen molar-refractivity contribution in [2.24, 2.45) is 5.92 Å². The minimum atomic E-state index is 0.265. The fraction of sp³-hybridized carbons (Fsp3) is 0.368. The Morgan fingerprint density at radius 2 is 2.24 bits per heavy atom. The van der Waals surface area contributed by atoms with Crippen LogP contribution in [0.4, 0.5) is 5.95 Å². The molecule has 0 fully saturated rings. The van der Waals surface area contributed by atoms with E-state index in [1.807, 2.05) is 26.4 Å². The number of allylic oxidation sites excluding steroid dienone is 1. The highest BCUT2D eigenvalue weighted by Crippen LogP contribution is 2.15. The smallest absolute Gasteiger partial charge is 0.220 e. The first-order valence-corrected chi connectivity index (χ1v) is 8.51. The Bertz CT molecular complexity index is 881. The Labute approximate surface area is 147 Å². The number of fused-ring (bicyclic) bond motifs is 1. The van der Waals surface area contributed by atoms with Gasteiger partial charge in [0.25, 0.3) is 0 Å². The van der Waals surface area contributed by atoms with E-state index < -0.39 is 0 Å². The van der Waals surface area contributed by atoms with E-state index in [-0.39, 0.29) is 5.95 Å². The van der Waals surface area contributed by atoms with Crippen LogP contribution in [-0.2, 0) is 4.74 Å². The summed E-state index contributed by atoms with van der Waals surface area (Å²) in [6.45, 7) is 3.67. The minimum Gasteiger partial charge on any atom is -0.492 e. The van der Waals surface area contributed by atoms with Gasteiger partial charge in [-0.1, -0.05) is 19.1 Å². The van der Waals surface area contributed by atoms with Crippen LogP contribution in [0.25, 0.3) is 23.1 Å². The first kappa shape index (κ1) is 17.2. The highest BCUT2D eigenvalue weighted by Gasteiger charge is 2.12. The van der Waals surface area contributed by atoms with Gasteiger partial charge in [0, 0.05) is 29.9 Å². The van der Waals surface area contributed by atoms with Gasteiger partial charge in [0.1, 0.15) is 12.4 Å². The van der Waals surface area contributed by atoms with Gasteiger partial charge in [-0.2, -0.15) is 0 Å². The first-order valence-electron chi connectivity index (χ1n) is 8.51. The number of nitrogens with zero attached hydrogens (tertiary/aromatic N) is 3. The first-order chi connectivity index (χ1) is 12.0. The third-order valence-corrected chi connectivity index (χ3v) is 4.17. The molecule has 1 aliphatic carbocycles. The van der Waals surface area contributed by atoms with E-state index in [0.717, 1.165) is 40.5 Å². The van der Waals surface area contributed by atoms with Crippen molar-refractivity contribution in [2.45, 2.75) is 13.3 Å². The van der Waals surface area contributed by atoms with E-state index in [1.54, 1.807) is 6.20 Å². The number of aromatic nitrogens is 3. The number of nitrogens with two attached hydrogens (primary N) is 1. The van der Waals surface area contributed by atoms with Crippen LogP contribution < -0.4 is 16.3 Å². The molecule has 2 aromatic heterocycles. The summed E-state index contributed by atoms with van der Waals surface area (Å²) in [7, 11) is 4.07. The summed E-state index contributed by atoms with van der Waals surface area (Å²) in [5.74, 6) is 1.58. The van der Waals surface area contributed by atoms with E-state index in [9.17, 15) is 0 Å². The second-order valence-corrected chi connectivity index (χ2v) is 6.58. The van der Waals surface area contributed by atoms with Crippen LogP contribution in [0.2, 0.25) is 0 Å². The molecule has 0 spiro atoms. The van der Waals surface area contributed by atoms with Gasteiger partial charge in [0.2, 0.25) is 5.95 Å². The molecular formula is C19H25N5O. The Kier molecular flexibility index (Phi) is 5.19. The quantitative estimate of drug-likeness (QED) is 0.853. The predicted molar refractivity (Wildman–Crippen MR) is 101 cm³/mol. The minimum absolute atomic E-state index is 0.265. The summed E-state index contributed by atoms with van der Waals surface area (Å²) >= 11 is 0. The van der Waals surface area contributed by atoms with Crippen molar-refractivity contribution in [2.75, 3.05) is 33.0 Å². The Hall–Kier alpha value is -2.60. The lowest BCUT2D eigenvalue weighted by atomic mass is 10.0. The summed E-state index contributed by atoms with van der Waals surface area (Å²) in [5.41, 5.74) is 7.52. The lowest BCUT2D eigenvalue weighted by Crippen LogP contribution is -2.29. The fourth-order valence-corrected chi connectivity index (χ4v) is 2.77. The molecule has 1 atom stereocenters. The molecule has 0 radical (unpaired) electrons. The second-order valence-electron chi connectivity index (χ2n) is 6.58. The molecule has 2 heterocycles. The molecule has 1 aliphatic rings. The van der Waals surface area contributed by atoms with Crippen molar-refractivity contribution in [1.29, 1.82) is 0 Å². The summed E-state index contributed by atoms with van der Waals surface area (Å²) in [6.07, 6.45) is 11.1. The van der Waals surface area contributed by atoms with E-state index >= 15 is 0 Å². The number of anilines is 1. The lowest BCUT2D eigenvalue weighted by molar-refractivity contribution is 0.232. The van der Waals surface area contributed by atoms with E-state index in [4.69, 9.17) is 10.5 Å². The van der Waals surface area contributed by atoms with Crippen molar-refractivity contribution < 1.29 is 4.74 Å². The summed E-state index contributed by atoms with van der Waals surface area (Å²) < 4.78 is 6.13. The van der Waals surface area contributed by atoms with Gasteiger partial charge in [-0.05, 0) is 38.6 Å². The van der Waals surface area contributed by atoms with Gasteiger partial charge in [-0.25, -0.2) is 9.97 Å². The van der Waals surface area contributed by atoms with Gasteiger partial charge < -0.3 is 20.4 Å². The van der Waals surface area contributed by atoms with Crippen LogP contribution in [-0.4, -0.2) is 47.1 Å². The number of ether oxygens (including phenoxy) is 1. The highest BCUT2D eigenvalue weighted by atomic mass is 16.5.